The van der Waals surface area contributed by atoms with Gasteiger partial charge in [0.2, 0.25) is 0 Å². The van der Waals surface area contributed by atoms with Gasteiger partial charge in [-0.1, -0.05) is 0 Å². The quantitative estimate of drug-likeness (QED) is 0.689. The van der Waals surface area contributed by atoms with E-state index in [2.05, 4.69) is 4.98 Å². The summed E-state index contributed by atoms with van der Waals surface area (Å²) < 4.78 is 13.1. The largest absolute Gasteiger partial charge is 0.481 e. The van der Waals surface area contributed by atoms with Crippen molar-refractivity contribution >= 4 is 22.8 Å². The molecule has 3 aromatic rings. The van der Waals surface area contributed by atoms with E-state index >= 15 is 0 Å². The van der Waals surface area contributed by atoms with Crippen molar-refractivity contribution < 1.29 is 24.2 Å². The molecule has 0 unspecified atom stereocenters. The van der Waals surface area contributed by atoms with E-state index in [1.165, 1.54) is 24.3 Å². The number of halogens is 1. The van der Waals surface area contributed by atoms with Crippen molar-refractivity contribution in [1.82, 2.24) is 4.98 Å². The van der Waals surface area contributed by atoms with Crippen LogP contribution >= 0.6 is 0 Å². The van der Waals surface area contributed by atoms with E-state index in [-0.39, 0.29) is 12.0 Å². The highest BCUT2D eigenvalue weighted by Crippen LogP contribution is 2.31. The first kappa shape index (κ1) is 14.8. The average molecular weight is 313 g/mol. The number of aromatic amines is 1. The summed E-state index contributed by atoms with van der Waals surface area (Å²) in [6.45, 7) is 0. The van der Waals surface area contributed by atoms with Gasteiger partial charge >= 0.3 is 11.9 Å². The first-order chi connectivity index (χ1) is 11.0. The second-order valence-electron chi connectivity index (χ2n) is 5.12. The van der Waals surface area contributed by atoms with Gasteiger partial charge in [-0.15, -0.1) is 0 Å². The number of carboxylic acids is 2. The maximum absolute atomic E-state index is 13.1. The Kier molecular flexibility index (Phi) is 3.57. The van der Waals surface area contributed by atoms with Gasteiger partial charge in [-0.2, -0.15) is 0 Å². The molecule has 0 aliphatic heterocycles. The molecule has 0 aliphatic carbocycles. The Labute approximate surface area is 130 Å². The third kappa shape index (κ3) is 2.78. The SMILES string of the molecule is O=C(O)Cc1c(-c2ccc(F)cc2)[nH]c2ccc(C(=O)O)cc12. The summed E-state index contributed by atoms with van der Waals surface area (Å²) in [4.78, 5) is 25.4. The van der Waals surface area contributed by atoms with Gasteiger partial charge in [-0.05, 0) is 53.6 Å². The van der Waals surface area contributed by atoms with Crippen LogP contribution < -0.4 is 0 Å². The van der Waals surface area contributed by atoms with Crippen molar-refractivity contribution in [2.45, 2.75) is 6.42 Å². The lowest BCUT2D eigenvalue weighted by Gasteiger charge is -2.03. The molecular formula is C17H12FNO4. The molecule has 1 aromatic heterocycles. The number of fused-ring (bicyclic) bond motifs is 1. The number of carbonyl (C=O) groups is 2. The van der Waals surface area contributed by atoms with Crippen molar-refractivity contribution in [3.8, 4) is 11.3 Å². The first-order valence-electron chi connectivity index (χ1n) is 6.81. The van der Waals surface area contributed by atoms with Gasteiger partial charge in [0.05, 0.1) is 17.7 Å². The van der Waals surface area contributed by atoms with Crippen LogP contribution in [0, 0.1) is 5.82 Å². The highest BCUT2D eigenvalue weighted by molar-refractivity contribution is 5.99. The Morgan fingerprint density at radius 1 is 1.04 bits per heavy atom. The number of rotatable bonds is 4. The van der Waals surface area contributed by atoms with Gasteiger partial charge in [0.25, 0.3) is 0 Å². The maximum Gasteiger partial charge on any atom is 0.335 e. The molecule has 0 spiro atoms. The number of benzene rings is 2. The fourth-order valence-electron chi connectivity index (χ4n) is 2.58. The fourth-order valence-corrected chi connectivity index (χ4v) is 2.58. The molecule has 1 heterocycles. The van der Waals surface area contributed by atoms with Gasteiger partial charge in [0, 0.05) is 10.9 Å². The number of aromatic carboxylic acids is 1. The van der Waals surface area contributed by atoms with Gasteiger partial charge in [-0.3, -0.25) is 4.79 Å². The van der Waals surface area contributed by atoms with Crippen LogP contribution in [0.3, 0.4) is 0 Å². The standard InChI is InChI=1S/C17H12FNO4/c18-11-4-1-9(2-5-11)16-13(8-15(20)21)12-7-10(17(22)23)3-6-14(12)19-16/h1-7,19H,8H2,(H,20,21)(H,22,23). The molecule has 5 nitrogen and oxygen atoms in total. The Bertz CT molecular complexity index is 912. The van der Waals surface area contributed by atoms with Crippen LogP contribution in [0.4, 0.5) is 4.39 Å². The van der Waals surface area contributed by atoms with Gasteiger partial charge in [0.1, 0.15) is 5.82 Å². The summed E-state index contributed by atoms with van der Waals surface area (Å²) in [6, 6.07) is 10.1. The summed E-state index contributed by atoms with van der Waals surface area (Å²) in [7, 11) is 0. The molecule has 0 bridgehead atoms. The van der Waals surface area contributed by atoms with Crippen molar-refractivity contribution in [2.24, 2.45) is 0 Å². The van der Waals surface area contributed by atoms with E-state index in [1.807, 2.05) is 0 Å². The van der Waals surface area contributed by atoms with Crippen molar-refractivity contribution in [3.63, 3.8) is 0 Å². The smallest absolute Gasteiger partial charge is 0.335 e. The van der Waals surface area contributed by atoms with Crippen LogP contribution in [-0.4, -0.2) is 27.1 Å². The summed E-state index contributed by atoms with van der Waals surface area (Å²) in [6.07, 6.45) is -0.268. The molecule has 116 valence electrons. The highest BCUT2D eigenvalue weighted by Gasteiger charge is 2.17. The predicted molar refractivity (Wildman–Crippen MR) is 82.0 cm³/mol. The zero-order valence-corrected chi connectivity index (χ0v) is 11.8. The molecule has 0 radical (unpaired) electrons. The number of hydrogen-bond donors (Lipinski definition) is 3. The average Bonchev–Trinajstić information content (AvgIpc) is 2.85. The molecule has 6 heteroatoms. The number of nitrogens with one attached hydrogen (secondary N) is 1. The minimum absolute atomic E-state index is 0.0776. The fraction of sp³-hybridized carbons (Fsp3) is 0.0588. The molecule has 0 fully saturated rings. The van der Waals surface area contributed by atoms with Gasteiger partial charge in [-0.25, -0.2) is 9.18 Å². The lowest BCUT2D eigenvalue weighted by molar-refractivity contribution is -0.136. The maximum atomic E-state index is 13.1. The minimum Gasteiger partial charge on any atom is -0.481 e. The van der Waals surface area contributed by atoms with E-state index in [9.17, 15) is 14.0 Å². The number of carboxylic acid groups (broad SMARTS) is 2. The molecule has 0 atom stereocenters. The minimum atomic E-state index is -1.09. The third-order valence-electron chi connectivity index (χ3n) is 3.61. The summed E-state index contributed by atoms with van der Waals surface area (Å²) in [5, 5.41) is 18.8. The molecule has 3 N–H and O–H groups in total. The third-order valence-corrected chi connectivity index (χ3v) is 3.61. The summed E-state index contributed by atoms with van der Waals surface area (Å²) >= 11 is 0. The van der Waals surface area contributed by atoms with Crippen molar-refractivity contribution in [1.29, 1.82) is 0 Å². The van der Waals surface area contributed by atoms with Gasteiger partial charge < -0.3 is 15.2 Å². The van der Waals surface area contributed by atoms with E-state index < -0.39 is 17.8 Å². The normalized spacial score (nSPS) is 10.8. The molecular weight excluding hydrogens is 301 g/mol. The Morgan fingerprint density at radius 2 is 1.74 bits per heavy atom. The zero-order valence-electron chi connectivity index (χ0n) is 11.8. The van der Waals surface area contributed by atoms with E-state index in [1.54, 1.807) is 18.2 Å². The molecule has 0 amide bonds. The molecule has 3 rings (SSSR count). The predicted octanol–water partition coefficient (Wildman–Crippen LogP) is 3.30. The lowest BCUT2D eigenvalue weighted by atomic mass is 10.0. The van der Waals surface area contributed by atoms with Crippen LogP contribution in [0.5, 0.6) is 0 Å². The van der Waals surface area contributed by atoms with Crippen LogP contribution in [0.25, 0.3) is 22.2 Å². The Hall–Kier alpha value is -3.15. The highest BCUT2D eigenvalue weighted by atomic mass is 19.1. The molecule has 0 saturated heterocycles. The molecule has 2 aromatic carbocycles. The Balaban J connectivity index is 2.25. The Morgan fingerprint density at radius 3 is 2.35 bits per heavy atom. The first-order valence-corrected chi connectivity index (χ1v) is 6.81. The molecule has 23 heavy (non-hydrogen) atoms. The summed E-state index contributed by atoms with van der Waals surface area (Å²) in [5.41, 5.74) is 2.36. The van der Waals surface area contributed by atoms with Crippen molar-refractivity contribution in [3.05, 3.63) is 59.4 Å². The number of hydrogen-bond acceptors (Lipinski definition) is 2. The van der Waals surface area contributed by atoms with Crippen LogP contribution in [-0.2, 0) is 11.2 Å². The monoisotopic (exact) mass is 313 g/mol. The lowest BCUT2D eigenvalue weighted by Crippen LogP contribution is -2.01. The second-order valence-corrected chi connectivity index (χ2v) is 5.12. The topological polar surface area (TPSA) is 90.4 Å². The summed E-state index contributed by atoms with van der Waals surface area (Å²) in [5.74, 6) is -2.51. The van der Waals surface area contributed by atoms with Crippen LogP contribution in [0.1, 0.15) is 15.9 Å². The van der Waals surface area contributed by atoms with Crippen LogP contribution in [0.15, 0.2) is 42.5 Å². The van der Waals surface area contributed by atoms with Gasteiger partial charge in [0.15, 0.2) is 0 Å². The second kappa shape index (κ2) is 5.57. The number of aromatic nitrogens is 1. The van der Waals surface area contributed by atoms with E-state index in [0.717, 1.165) is 0 Å². The van der Waals surface area contributed by atoms with E-state index in [0.29, 0.717) is 27.7 Å². The molecule has 0 saturated carbocycles. The van der Waals surface area contributed by atoms with Crippen LogP contribution in [0.2, 0.25) is 0 Å². The van der Waals surface area contributed by atoms with Crippen molar-refractivity contribution in [2.75, 3.05) is 0 Å². The zero-order chi connectivity index (χ0) is 16.6. The number of H-pyrrole nitrogens is 1. The van der Waals surface area contributed by atoms with E-state index in [4.69, 9.17) is 10.2 Å². The molecule has 0 aliphatic rings. The number of aliphatic carboxylic acids is 1.